The third kappa shape index (κ3) is 3.47. The molecule has 1 N–H and O–H groups in total. The first-order chi connectivity index (χ1) is 8.12. The molecule has 0 aliphatic carbocycles. The second-order valence-corrected chi connectivity index (χ2v) is 6.13. The van der Waals surface area contributed by atoms with Crippen LogP contribution in [-0.2, 0) is 4.79 Å². The Hall–Kier alpha value is -1.06. The average Bonchev–Trinajstić information content (AvgIpc) is 2.20. The summed E-state index contributed by atoms with van der Waals surface area (Å²) in [6.07, 6.45) is 0. The lowest BCUT2D eigenvalue weighted by molar-refractivity contribution is -0.884. The number of nitrogens with one attached hydrogen (secondary N) is 1. The molecule has 0 fully saturated rings. The number of quaternary nitrogens is 1. The molecule has 1 rings (SSSR count). The van der Waals surface area contributed by atoms with Crippen LogP contribution in [0.15, 0.2) is 12.1 Å². The Morgan fingerprint density at radius 1 is 1.22 bits per heavy atom. The third-order valence-corrected chi connectivity index (χ3v) is 3.51. The van der Waals surface area contributed by atoms with Crippen molar-refractivity contribution in [1.29, 1.82) is 0 Å². The van der Waals surface area contributed by atoms with E-state index in [1.54, 1.807) is 0 Å². The van der Waals surface area contributed by atoms with Gasteiger partial charge in [-0.2, -0.15) is 0 Å². The molecule has 1 aromatic rings. The van der Waals surface area contributed by atoms with Crippen LogP contribution in [0.4, 0.5) is 5.69 Å². The van der Waals surface area contributed by atoms with E-state index in [4.69, 9.17) is 11.6 Å². The molecule has 18 heavy (non-hydrogen) atoms. The van der Waals surface area contributed by atoms with Gasteiger partial charge in [-0.15, -0.1) is 0 Å². The van der Waals surface area contributed by atoms with Crippen molar-refractivity contribution in [1.82, 2.24) is 0 Å². The summed E-state index contributed by atoms with van der Waals surface area (Å²) >= 11 is 5.98. The Labute approximate surface area is 114 Å². The number of likely N-dealkylation sites (N-methyl/N-ethyl adjacent to an activating group) is 1. The molecule has 1 aromatic carbocycles. The van der Waals surface area contributed by atoms with E-state index in [2.05, 4.69) is 5.32 Å². The van der Waals surface area contributed by atoms with Crippen molar-refractivity contribution in [2.24, 2.45) is 0 Å². The number of benzene rings is 1. The van der Waals surface area contributed by atoms with Crippen molar-refractivity contribution in [2.75, 3.05) is 26.5 Å². The summed E-state index contributed by atoms with van der Waals surface area (Å²) < 4.78 is 0.595. The Balaban J connectivity index is 2.96. The molecule has 0 saturated heterocycles. The van der Waals surface area contributed by atoms with Gasteiger partial charge in [0, 0.05) is 10.7 Å². The quantitative estimate of drug-likeness (QED) is 0.840. The lowest BCUT2D eigenvalue weighted by Crippen LogP contribution is -2.50. The minimum absolute atomic E-state index is 0.0241. The van der Waals surface area contributed by atoms with Gasteiger partial charge in [-0.25, -0.2) is 0 Å². The monoisotopic (exact) mass is 269 g/mol. The fraction of sp³-hybridized carbons (Fsp3) is 0.500. The number of aryl methyl sites for hydroxylation is 2. The van der Waals surface area contributed by atoms with E-state index in [1.165, 1.54) is 0 Å². The summed E-state index contributed by atoms with van der Waals surface area (Å²) in [4.78, 5) is 12.2. The molecule has 1 amide bonds. The zero-order chi connectivity index (χ0) is 14.1. The highest BCUT2D eigenvalue weighted by Gasteiger charge is 2.26. The first kappa shape index (κ1) is 15.0. The number of hydrogen-bond donors (Lipinski definition) is 1. The average molecular weight is 270 g/mol. The Bertz CT molecular complexity index is 440. The molecule has 0 spiro atoms. The molecule has 1 atom stereocenters. The predicted octanol–water partition coefficient (Wildman–Crippen LogP) is 2.99. The van der Waals surface area contributed by atoms with E-state index < -0.39 is 0 Å². The smallest absolute Gasteiger partial charge is 0.282 e. The van der Waals surface area contributed by atoms with Crippen LogP contribution >= 0.6 is 11.6 Å². The first-order valence-corrected chi connectivity index (χ1v) is 6.39. The van der Waals surface area contributed by atoms with Crippen molar-refractivity contribution in [2.45, 2.75) is 26.8 Å². The third-order valence-electron chi connectivity index (χ3n) is 3.29. The van der Waals surface area contributed by atoms with Gasteiger partial charge in [0.15, 0.2) is 6.04 Å². The maximum Gasteiger partial charge on any atom is 0.282 e. The second-order valence-electron chi connectivity index (χ2n) is 5.70. The molecule has 4 heteroatoms. The van der Waals surface area contributed by atoms with Gasteiger partial charge in [0.05, 0.1) is 21.1 Å². The molecular formula is C14H22ClN2O+. The largest absolute Gasteiger partial charge is 0.321 e. The summed E-state index contributed by atoms with van der Waals surface area (Å²) in [6.45, 7) is 5.83. The van der Waals surface area contributed by atoms with E-state index >= 15 is 0 Å². The number of amides is 1. The zero-order valence-corrected chi connectivity index (χ0v) is 12.7. The number of hydrogen-bond acceptors (Lipinski definition) is 1. The van der Waals surface area contributed by atoms with Crippen molar-refractivity contribution in [3.63, 3.8) is 0 Å². The van der Waals surface area contributed by atoms with Crippen molar-refractivity contribution < 1.29 is 9.28 Å². The van der Waals surface area contributed by atoms with Gasteiger partial charge in [-0.1, -0.05) is 11.6 Å². The maximum absolute atomic E-state index is 12.2. The maximum atomic E-state index is 12.2. The van der Waals surface area contributed by atoms with Gasteiger partial charge in [0.2, 0.25) is 0 Å². The van der Waals surface area contributed by atoms with E-state index in [9.17, 15) is 4.79 Å². The molecule has 0 heterocycles. The summed E-state index contributed by atoms with van der Waals surface area (Å²) in [5, 5.41) is 3.70. The molecule has 0 aliphatic rings. The Kier molecular flexibility index (Phi) is 4.41. The van der Waals surface area contributed by atoms with Gasteiger partial charge in [-0.05, 0) is 44.0 Å². The molecule has 1 unspecified atom stereocenters. The number of nitrogens with zero attached hydrogens (tertiary/aromatic N) is 1. The Morgan fingerprint density at radius 2 is 1.67 bits per heavy atom. The van der Waals surface area contributed by atoms with Crippen LogP contribution in [0.5, 0.6) is 0 Å². The standard InChI is InChI=1S/C14H21ClN2O/c1-9-7-12(15)8-10(2)13(9)16-14(18)11(3)17(4,5)6/h7-8,11H,1-6H3/p+1. The van der Waals surface area contributed by atoms with Crippen LogP contribution in [0.3, 0.4) is 0 Å². The van der Waals surface area contributed by atoms with Crippen LogP contribution in [0.25, 0.3) is 0 Å². The molecule has 100 valence electrons. The molecule has 3 nitrogen and oxygen atoms in total. The van der Waals surface area contributed by atoms with Gasteiger partial charge in [0.1, 0.15) is 0 Å². The van der Waals surface area contributed by atoms with Gasteiger partial charge in [0.25, 0.3) is 5.91 Å². The van der Waals surface area contributed by atoms with Crippen LogP contribution < -0.4 is 5.32 Å². The van der Waals surface area contributed by atoms with E-state index in [0.29, 0.717) is 9.51 Å². The van der Waals surface area contributed by atoms with Crippen molar-refractivity contribution in [3.05, 3.63) is 28.3 Å². The fourth-order valence-electron chi connectivity index (χ4n) is 1.69. The van der Waals surface area contributed by atoms with E-state index in [0.717, 1.165) is 16.8 Å². The number of halogens is 1. The van der Waals surface area contributed by atoms with Crippen molar-refractivity contribution >= 4 is 23.2 Å². The first-order valence-electron chi connectivity index (χ1n) is 6.01. The lowest BCUT2D eigenvalue weighted by atomic mass is 10.1. The minimum atomic E-state index is -0.112. The van der Waals surface area contributed by atoms with Gasteiger partial charge < -0.3 is 9.80 Å². The Morgan fingerprint density at radius 3 is 2.06 bits per heavy atom. The fourth-order valence-corrected chi connectivity index (χ4v) is 2.01. The minimum Gasteiger partial charge on any atom is -0.321 e. The van der Waals surface area contributed by atoms with Gasteiger partial charge >= 0.3 is 0 Å². The summed E-state index contributed by atoms with van der Waals surface area (Å²) in [5.74, 6) is 0.0241. The SMILES string of the molecule is Cc1cc(Cl)cc(C)c1NC(=O)C(C)[N+](C)(C)C. The number of anilines is 1. The highest BCUT2D eigenvalue weighted by molar-refractivity contribution is 6.30. The normalized spacial score (nSPS) is 13.3. The number of rotatable bonds is 3. The molecule has 0 aromatic heterocycles. The lowest BCUT2D eigenvalue weighted by Gasteiger charge is -2.30. The predicted molar refractivity (Wildman–Crippen MR) is 77.1 cm³/mol. The topological polar surface area (TPSA) is 29.1 Å². The van der Waals surface area contributed by atoms with Crippen LogP contribution in [0, 0.1) is 13.8 Å². The molecule has 0 aliphatic heterocycles. The van der Waals surface area contributed by atoms with Gasteiger partial charge in [-0.3, -0.25) is 4.79 Å². The molecule has 0 bridgehead atoms. The number of carbonyl (C=O) groups excluding carboxylic acids is 1. The highest BCUT2D eigenvalue weighted by Crippen LogP contribution is 2.25. The summed E-state index contributed by atoms with van der Waals surface area (Å²) in [5.41, 5.74) is 2.84. The van der Waals surface area contributed by atoms with Crippen LogP contribution in [-0.4, -0.2) is 37.6 Å². The van der Waals surface area contributed by atoms with Crippen molar-refractivity contribution in [3.8, 4) is 0 Å². The molecule has 0 radical (unpaired) electrons. The highest BCUT2D eigenvalue weighted by atomic mass is 35.5. The van der Waals surface area contributed by atoms with E-state index in [-0.39, 0.29) is 11.9 Å². The molecule has 0 saturated carbocycles. The summed E-state index contributed by atoms with van der Waals surface area (Å²) in [7, 11) is 6.02. The van der Waals surface area contributed by atoms with Crippen LogP contribution in [0.1, 0.15) is 18.1 Å². The zero-order valence-electron chi connectivity index (χ0n) is 12.0. The van der Waals surface area contributed by atoms with Crippen LogP contribution in [0.2, 0.25) is 5.02 Å². The summed E-state index contributed by atoms with van der Waals surface area (Å²) in [6, 6.07) is 3.61. The van der Waals surface area contributed by atoms with E-state index in [1.807, 2.05) is 54.0 Å². The number of carbonyl (C=O) groups is 1. The second kappa shape index (κ2) is 5.29. The molecular weight excluding hydrogens is 248 g/mol.